The summed E-state index contributed by atoms with van der Waals surface area (Å²) in [4.78, 5) is 22.9. The molecule has 0 bridgehead atoms. The van der Waals surface area contributed by atoms with Crippen molar-refractivity contribution in [3.05, 3.63) is 87.9 Å². The SMILES string of the molecule is O=C(O)Cc1ccc(NS(=O)(=O)c2ccc(NC(=O)NCCc3cccc(Cl)c3Cl)cc2)cc1. The molecule has 0 fully saturated rings. The Hall–Kier alpha value is -3.27. The number of sulfonamides is 1. The highest BCUT2D eigenvalue weighted by molar-refractivity contribution is 7.92. The molecule has 34 heavy (non-hydrogen) atoms. The zero-order chi connectivity index (χ0) is 24.7. The van der Waals surface area contributed by atoms with Crippen LogP contribution >= 0.6 is 23.2 Å². The molecule has 0 saturated heterocycles. The normalized spacial score (nSPS) is 11.0. The Kier molecular flexibility index (Phi) is 8.38. The molecule has 178 valence electrons. The van der Waals surface area contributed by atoms with E-state index in [1.165, 1.54) is 48.5 Å². The minimum atomic E-state index is -3.86. The number of carboxylic acid groups (broad SMARTS) is 1. The van der Waals surface area contributed by atoms with Crippen molar-refractivity contribution in [1.82, 2.24) is 5.32 Å². The van der Waals surface area contributed by atoms with Gasteiger partial charge in [-0.25, -0.2) is 13.2 Å². The highest BCUT2D eigenvalue weighted by atomic mass is 35.5. The lowest BCUT2D eigenvalue weighted by atomic mass is 10.1. The van der Waals surface area contributed by atoms with E-state index in [2.05, 4.69) is 15.4 Å². The minimum absolute atomic E-state index is 0.00340. The van der Waals surface area contributed by atoms with Crippen molar-refractivity contribution in [3.63, 3.8) is 0 Å². The van der Waals surface area contributed by atoms with Crippen LogP contribution in [0.15, 0.2) is 71.6 Å². The molecular formula is C23H21Cl2N3O5S. The quantitative estimate of drug-likeness (QED) is 0.322. The summed E-state index contributed by atoms with van der Waals surface area (Å²) in [5.41, 5.74) is 2.08. The summed E-state index contributed by atoms with van der Waals surface area (Å²) in [6, 6.07) is 16.6. The number of hydrogen-bond acceptors (Lipinski definition) is 4. The van der Waals surface area contributed by atoms with Gasteiger partial charge in [0.2, 0.25) is 0 Å². The van der Waals surface area contributed by atoms with Crippen LogP contribution in [0.3, 0.4) is 0 Å². The van der Waals surface area contributed by atoms with Gasteiger partial charge in [-0.3, -0.25) is 9.52 Å². The Morgan fingerprint density at radius 3 is 2.18 bits per heavy atom. The first-order chi connectivity index (χ1) is 16.1. The van der Waals surface area contributed by atoms with Gasteiger partial charge in [-0.1, -0.05) is 47.5 Å². The summed E-state index contributed by atoms with van der Waals surface area (Å²) in [6.07, 6.45) is 0.344. The molecule has 2 amide bonds. The van der Waals surface area contributed by atoms with Crippen molar-refractivity contribution >= 4 is 56.6 Å². The lowest BCUT2D eigenvalue weighted by Gasteiger charge is -2.11. The van der Waals surface area contributed by atoms with Crippen molar-refractivity contribution in [2.24, 2.45) is 0 Å². The highest BCUT2D eigenvalue weighted by Gasteiger charge is 2.15. The third-order valence-corrected chi connectivity index (χ3v) is 6.95. The summed E-state index contributed by atoms with van der Waals surface area (Å²) in [5.74, 6) is -0.971. The average Bonchev–Trinajstić information content (AvgIpc) is 2.78. The summed E-state index contributed by atoms with van der Waals surface area (Å²) >= 11 is 12.1. The second kappa shape index (κ2) is 11.2. The summed E-state index contributed by atoms with van der Waals surface area (Å²) < 4.78 is 27.6. The monoisotopic (exact) mass is 521 g/mol. The van der Waals surface area contributed by atoms with Crippen LogP contribution in [0, 0.1) is 0 Å². The summed E-state index contributed by atoms with van der Waals surface area (Å²) in [7, 11) is -3.86. The van der Waals surface area contributed by atoms with Crippen molar-refractivity contribution in [1.29, 1.82) is 0 Å². The van der Waals surface area contributed by atoms with E-state index in [1.807, 2.05) is 6.07 Å². The molecule has 0 aromatic heterocycles. The number of anilines is 2. The van der Waals surface area contributed by atoms with Gasteiger partial charge in [0, 0.05) is 17.9 Å². The van der Waals surface area contributed by atoms with Crippen molar-refractivity contribution in [2.75, 3.05) is 16.6 Å². The van der Waals surface area contributed by atoms with Crippen molar-refractivity contribution in [2.45, 2.75) is 17.7 Å². The Morgan fingerprint density at radius 1 is 0.882 bits per heavy atom. The van der Waals surface area contributed by atoms with Crippen LogP contribution in [-0.4, -0.2) is 32.1 Å². The molecule has 0 unspecified atom stereocenters. The predicted octanol–water partition coefficient (Wildman–Crippen LogP) is 4.79. The van der Waals surface area contributed by atoms with Crippen LogP contribution in [0.25, 0.3) is 0 Å². The van der Waals surface area contributed by atoms with Crippen LogP contribution < -0.4 is 15.4 Å². The fourth-order valence-corrected chi connectivity index (χ4v) is 4.50. The standard InChI is InChI=1S/C23H21Cl2N3O5S/c24-20-3-1-2-16(22(20)25)12-13-26-23(31)27-17-8-10-19(11-9-17)34(32,33)28-18-6-4-15(5-7-18)14-21(29)30/h1-11,28H,12-14H2,(H,29,30)(H2,26,27,31). The number of nitrogens with one attached hydrogen (secondary N) is 3. The number of amides is 2. The van der Waals surface area contributed by atoms with Gasteiger partial charge >= 0.3 is 12.0 Å². The molecule has 0 aliphatic carbocycles. The first-order valence-corrected chi connectivity index (χ1v) is 12.3. The predicted molar refractivity (Wildman–Crippen MR) is 132 cm³/mol. The van der Waals surface area contributed by atoms with Gasteiger partial charge < -0.3 is 15.7 Å². The van der Waals surface area contributed by atoms with Crippen molar-refractivity contribution in [3.8, 4) is 0 Å². The third-order valence-electron chi connectivity index (χ3n) is 4.70. The van der Waals surface area contributed by atoms with Gasteiger partial charge in [0.25, 0.3) is 10.0 Å². The number of rotatable bonds is 9. The molecule has 0 spiro atoms. The van der Waals surface area contributed by atoms with Gasteiger partial charge in [-0.2, -0.15) is 0 Å². The second-order valence-corrected chi connectivity index (χ2v) is 9.71. The molecule has 4 N–H and O–H groups in total. The number of carbonyl (C=O) groups is 2. The fraction of sp³-hybridized carbons (Fsp3) is 0.130. The fourth-order valence-electron chi connectivity index (χ4n) is 3.02. The average molecular weight is 522 g/mol. The zero-order valence-corrected chi connectivity index (χ0v) is 20.0. The van der Waals surface area contributed by atoms with E-state index >= 15 is 0 Å². The third kappa shape index (κ3) is 7.11. The molecule has 0 aliphatic rings. The molecule has 3 aromatic carbocycles. The number of carboxylic acids is 1. The number of benzene rings is 3. The number of aliphatic carboxylic acids is 1. The Morgan fingerprint density at radius 2 is 1.53 bits per heavy atom. The van der Waals surface area contributed by atoms with Gasteiger partial charge in [0.05, 0.1) is 21.4 Å². The van der Waals surface area contributed by atoms with E-state index in [-0.39, 0.29) is 11.3 Å². The first kappa shape index (κ1) is 25.4. The molecule has 3 rings (SSSR count). The van der Waals surface area contributed by atoms with E-state index in [0.717, 1.165) is 5.56 Å². The maximum Gasteiger partial charge on any atom is 0.319 e. The lowest BCUT2D eigenvalue weighted by Crippen LogP contribution is -2.30. The Labute approximate surface area is 207 Å². The van der Waals surface area contributed by atoms with Crippen LogP contribution in [0.4, 0.5) is 16.2 Å². The summed E-state index contributed by atoms with van der Waals surface area (Å²) in [5, 5.41) is 15.0. The van der Waals surface area contributed by atoms with Crippen LogP contribution in [0.2, 0.25) is 10.0 Å². The van der Waals surface area contributed by atoms with Gasteiger partial charge in [0.1, 0.15) is 0 Å². The number of hydrogen-bond donors (Lipinski definition) is 4. The van der Waals surface area contributed by atoms with E-state index in [0.29, 0.717) is 39.9 Å². The minimum Gasteiger partial charge on any atom is -0.481 e. The van der Waals surface area contributed by atoms with Crippen molar-refractivity contribution < 1.29 is 23.1 Å². The Balaban J connectivity index is 1.53. The van der Waals surface area contributed by atoms with Crippen LogP contribution in [0.5, 0.6) is 0 Å². The molecule has 3 aromatic rings. The molecule has 0 radical (unpaired) electrons. The van der Waals surface area contributed by atoms with E-state index < -0.39 is 22.0 Å². The van der Waals surface area contributed by atoms with Gasteiger partial charge in [-0.15, -0.1) is 0 Å². The molecule has 8 nitrogen and oxygen atoms in total. The van der Waals surface area contributed by atoms with Gasteiger partial charge in [0.15, 0.2) is 0 Å². The second-order valence-electron chi connectivity index (χ2n) is 7.24. The molecular weight excluding hydrogens is 501 g/mol. The molecule has 0 atom stereocenters. The number of halogens is 2. The largest absolute Gasteiger partial charge is 0.481 e. The first-order valence-electron chi connectivity index (χ1n) is 10.1. The van der Waals surface area contributed by atoms with Gasteiger partial charge in [-0.05, 0) is 60.0 Å². The zero-order valence-electron chi connectivity index (χ0n) is 17.7. The topological polar surface area (TPSA) is 125 Å². The van der Waals surface area contributed by atoms with E-state index in [4.69, 9.17) is 28.3 Å². The molecule has 0 saturated carbocycles. The smallest absolute Gasteiger partial charge is 0.319 e. The number of urea groups is 1. The van der Waals surface area contributed by atoms with E-state index in [9.17, 15) is 18.0 Å². The molecule has 0 heterocycles. The molecule has 0 aliphatic heterocycles. The van der Waals surface area contributed by atoms with Crippen LogP contribution in [-0.2, 0) is 27.7 Å². The summed E-state index contributed by atoms with van der Waals surface area (Å²) in [6.45, 7) is 0.327. The lowest BCUT2D eigenvalue weighted by molar-refractivity contribution is -0.136. The highest BCUT2D eigenvalue weighted by Crippen LogP contribution is 2.25. The Bertz CT molecular complexity index is 1280. The maximum absolute atomic E-state index is 12.6. The van der Waals surface area contributed by atoms with E-state index in [1.54, 1.807) is 12.1 Å². The van der Waals surface area contributed by atoms with Crippen LogP contribution in [0.1, 0.15) is 11.1 Å². The molecule has 11 heteroatoms. The number of carbonyl (C=O) groups excluding carboxylic acids is 1. The maximum atomic E-state index is 12.6.